The maximum atomic E-state index is 11.9. The second-order valence-electron chi connectivity index (χ2n) is 3.80. The minimum Gasteiger partial charge on any atom is -0.305 e. The van der Waals surface area contributed by atoms with Gasteiger partial charge in [-0.25, -0.2) is 9.67 Å². The van der Waals surface area contributed by atoms with E-state index in [-0.39, 0.29) is 11.3 Å². The van der Waals surface area contributed by atoms with E-state index in [1.165, 1.54) is 19.2 Å². The van der Waals surface area contributed by atoms with E-state index in [1.54, 1.807) is 12.1 Å². The van der Waals surface area contributed by atoms with E-state index in [4.69, 9.17) is 0 Å². The number of nitrogens with zero attached hydrogens (tertiary/aromatic N) is 3. The van der Waals surface area contributed by atoms with Gasteiger partial charge in [-0.05, 0) is 25.1 Å². The second kappa shape index (κ2) is 4.79. The number of rotatable bonds is 2. The fraction of sp³-hybridized carbons (Fsp3) is 0.167. The molecule has 0 bridgehead atoms. The van der Waals surface area contributed by atoms with Crippen LogP contribution < -0.4 is 10.9 Å². The highest BCUT2D eigenvalue weighted by Crippen LogP contribution is 2.05. The minimum absolute atomic E-state index is 0.167. The Morgan fingerprint density at radius 1 is 1.28 bits per heavy atom. The Kier molecular flexibility index (Phi) is 3.18. The number of anilines is 1. The van der Waals surface area contributed by atoms with Gasteiger partial charge in [-0.2, -0.15) is 5.10 Å². The third kappa shape index (κ3) is 2.60. The Balaban J connectivity index is 2.22. The lowest BCUT2D eigenvalue weighted by Crippen LogP contribution is -2.23. The van der Waals surface area contributed by atoms with Crippen molar-refractivity contribution in [1.29, 1.82) is 0 Å². The van der Waals surface area contributed by atoms with Gasteiger partial charge in [0.15, 0.2) is 0 Å². The summed E-state index contributed by atoms with van der Waals surface area (Å²) in [7, 11) is 1.49. The van der Waals surface area contributed by atoms with Crippen LogP contribution in [-0.2, 0) is 7.05 Å². The van der Waals surface area contributed by atoms with Crippen molar-refractivity contribution in [1.82, 2.24) is 14.8 Å². The van der Waals surface area contributed by atoms with Crippen LogP contribution in [0, 0.1) is 6.92 Å². The van der Waals surface area contributed by atoms with Crippen LogP contribution in [0.5, 0.6) is 0 Å². The highest BCUT2D eigenvalue weighted by atomic mass is 16.2. The Morgan fingerprint density at radius 2 is 2.06 bits per heavy atom. The molecule has 2 aromatic heterocycles. The first-order valence-electron chi connectivity index (χ1n) is 5.35. The number of aryl methyl sites for hydroxylation is 2. The highest BCUT2D eigenvalue weighted by molar-refractivity contribution is 6.02. The molecule has 2 aromatic rings. The molecule has 0 saturated heterocycles. The lowest BCUT2D eigenvalue weighted by atomic mass is 10.3. The molecule has 92 valence electrons. The van der Waals surface area contributed by atoms with Crippen molar-refractivity contribution in [3.8, 4) is 0 Å². The molecule has 0 aliphatic rings. The standard InChI is InChI=1S/C12H12N4O2/c1-8-4-3-5-10(13-8)14-12(18)9-6-7-11(17)16(2)15-9/h3-7H,1-2H3,(H,13,14,18). The van der Waals surface area contributed by atoms with Gasteiger partial charge in [-0.1, -0.05) is 6.07 Å². The molecule has 0 aromatic carbocycles. The molecule has 0 aliphatic carbocycles. The summed E-state index contributed by atoms with van der Waals surface area (Å²) in [6.45, 7) is 1.83. The van der Waals surface area contributed by atoms with Crippen LogP contribution in [0.3, 0.4) is 0 Å². The molecule has 2 rings (SSSR count). The lowest BCUT2D eigenvalue weighted by Gasteiger charge is -2.05. The van der Waals surface area contributed by atoms with Crippen LogP contribution in [0.25, 0.3) is 0 Å². The van der Waals surface area contributed by atoms with Crippen LogP contribution in [0.1, 0.15) is 16.2 Å². The minimum atomic E-state index is -0.399. The molecule has 0 aliphatic heterocycles. The van der Waals surface area contributed by atoms with Gasteiger partial charge in [0.05, 0.1) is 0 Å². The summed E-state index contributed by atoms with van der Waals surface area (Å²) in [4.78, 5) is 27.2. The van der Waals surface area contributed by atoms with E-state index in [9.17, 15) is 9.59 Å². The van der Waals surface area contributed by atoms with Crippen molar-refractivity contribution in [3.63, 3.8) is 0 Å². The molecule has 0 unspecified atom stereocenters. The Morgan fingerprint density at radius 3 is 2.72 bits per heavy atom. The zero-order valence-corrected chi connectivity index (χ0v) is 10.0. The summed E-state index contributed by atoms with van der Waals surface area (Å²) in [5, 5.41) is 6.47. The first kappa shape index (κ1) is 12.0. The van der Waals surface area contributed by atoms with E-state index in [1.807, 2.05) is 13.0 Å². The van der Waals surface area contributed by atoms with Crippen molar-refractivity contribution < 1.29 is 4.79 Å². The number of hydrogen-bond donors (Lipinski definition) is 1. The maximum absolute atomic E-state index is 11.9. The number of nitrogens with one attached hydrogen (secondary N) is 1. The van der Waals surface area contributed by atoms with Crippen LogP contribution >= 0.6 is 0 Å². The molecule has 2 heterocycles. The normalized spacial score (nSPS) is 10.1. The van der Waals surface area contributed by atoms with E-state index < -0.39 is 5.91 Å². The Hall–Kier alpha value is -2.50. The quantitative estimate of drug-likeness (QED) is 0.845. The van der Waals surface area contributed by atoms with Crippen LogP contribution in [0.2, 0.25) is 0 Å². The second-order valence-corrected chi connectivity index (χ2v) is 3.80. The van der Waals surface area contributed by atoms with Crippen LogP contribution in [0.4, 0.5) is 5.82 Å². The highest BCUT2D eigenvalue weighted by Gasteiger charge is 2.09. The van der Waals surface area contributed by atoms with Gasteiger partial charge in [-0.15, -0.1) is 0 Å². The van der Waals surface area contributed by atoms with E-state index in [0.717, 1.165) is 10.4 Å². The monoisotopic (exact) mass is 244 g/mol. The van der Waals surface area contributed by atoms with E-state index >= 15 is 0 Å². The maximum Gasteiger partial charge on any atom is 0.277 e. The molecule has 0 fully saturated rings. The van der Waals surface area contributed by atoms with Gasteiger partial charge in [0.2, 0.25) is 0 Å². The van der Waals surface area contributed by atoms with Crippen molar-refractivity contribution in [2.24, 2.45) is 7.05 Å². The number of amides is 1. The first-order chi connectivity index (χ1) is 8.56. The number of carbonyl (C=O) groups is 1. The molecule has 0 saturated carbocycles. The summed E-state index contributed by atoms with van der Waals surface area (Å²) in [6.07, 6.45) is 0. The van der Waals surface area contributed by atoms with Crippen molar-refractivity contribution in [2.45, 2.75) is 6.92 Å². The largest absolute Gasteiger partial charge is 0.305 e. The first-order valence-corrected chi connectivity index (χ1v) is 5.35. The van der Waals surface area contributed by atoms with Gasteiger partial charge in [0, 0.05) is 18.8 Å². The average Bonchev–Trinajstić information content (AvgIpc) is 2.32. The molecule has 0 atom stereocenters. The molecular weight excluding hydrogens is 232 g/mol. The zero-order chi connectivity index (χ0) is 13.1. The van der Waals surface area contributed by atoms with Crippen molar-refractivity contribution in [2.75, 3.05) is 5.32 Å². The summed E-state index contributed by atoms with van der Waals surface area (Å²) in [5.41, 5.74) is 0.710. The van der Waals surface area contributed by atoms with Crippen molar-refractivity contribution in [3.05, 3.63) is 52.1 Å². The molecule has 6 nitrogen and oxygen atoms in total. The van der Waals surface area contributed by atoms with Crippen molar-refractivity contribution >= 4 is 11.7 Å². The van der Waals surface area contributed by atoms with Crippen LogP contribution in [-0.4, -0.2) is 20.7 Å². The molecule has 0 radical (unpaired) electrons. The smallest absolute Gasteiger partial charge is 0.277 e. The summed E-state index contributed by atoms with van der Waals surface area (Å²) < 4.78 is 1.11. The van der Waals surface area contributed by atoms with Gasteiger partial charge in [-0.3, -0.25) is 9.59 Å². The van der Waals surface area contributed by atoms with Gasteiger partial charge in [0.1, 0.15) is 11.5 Å². The number of aromatic nitrogens is 3. The summed E-state index contributed by atoms with van der Waals surface area (Å²) in [6, 6.07) is 8.00. The average molecular weight is 244 g/mol. The molecule has 1 N–H and O–H groups in total. The molecule has 0 spiro atoms. The fourth-order valence-corrected chi connectivity index (χ4v) is 1.42. The van der Waals surface area contributed by atoms with Crippen LogP contribution in [0.15, 0.2) is 35.1 Å². The number of carbonyl (C=O) groups excluding carboxylic acids is 1. The van der Waals surface area contributed by atoms with Gasteiger partial charge in [0.25, 0.3) is 11.5 Å². The Bertz CT molecular complexity index is 649. The number of hydrogen-bond acceptors (Lipinski definition) is 4. The molecular formula is C12H12N4O2. The molecule has 18 heavy (non-hydrogen) atoms. The lowest BCUT2D eigenvalue weighted by molar-refractivity contribution is 0.101. The third-order valence-corrected chi connectivity index (χ3v) is 2.32. The van der Waals surface area contributed by atoms with E-state index in [2.05, 4.69) is 15.4 Å². The van der Waals surface area contributed by atoms with Gasteiger partial charge < -0.3 is 5.32 Å². The predicted octanol–water partition coefficient (Wildman–Crippen LogP) is 0.736. The topological polar surface area (TPSA) is 76.9 Å². The molecule has 1 amide bonds. The fourth-order valence-electron chi connectivity index (χ4n) is 1.42. The van der Waals surface area contributed by atoms with Gasteiger partial charge >= 0.3 is 0 Å². The van der Waals surface area contributed by atoms with E-state index in [0.29, 0.717) is 5.82 Å². The predicted molar refractivity (Wildman–Crippen MR) is 66.4 cm³/mol. The third-order valence-electron chi connectivity index (χ3n) is 2.32. The summed E-state index contributed by atoms with van der Waals surface area (Å²) >= 11 is 0. The summed E-state index contributed by atoms with van der Waals surface area (Å²) in [5.74, 6) is 0.0550. The SMILES string of the molecule is Cc1cccc(NC(=O)c2ccc(=O)n(C)n2)n1. The number of pyridine rings is 1. The zero-order valence-electron chi connectivity index (χ0n) is 10.0. The Labute approximate surface area is 103 Å². The molecule has 6 heteroatoms.